The molecule has 0 aromatic carbocycles. The third-order valence-electron chi connectivity index (χ3n) is 3.12. The molecule has 1 aromatic rings. The van der Waals surface area contributed by atoms with Crippen molar-refractivity contribution in [2.45, 2.75) is 19.0 Å². The maximum atomic E-state index is 11.4. The first-order valence-corrected chi connectivity index (χ1v) is 7.37. The Morgan fingerprint density at radius 3 is 3.25 bits per heavy atom. The number of thiophene rings is 1. The van der Waals surface area contributed by atoms with E-state index in [1.807, 2.05) is 16.3 Å². The molecule has 1 aliphatic rings. The zero-order valence-electron chi connectivity index (χ0n) is 11.2. The fourth-order valence-electron chi connectivity index (χ4n) is 2.06. The number of hydrogen-bond acceptors (Lipinski definition) is 5. The van der Waals surface area contributed by atoms with Crippen molar-refractivity contribution in [2.24, 2.45) is 5.73 Å². The van der Waals surface area contributed by atoms with Crippen LogP contribution in [0.3, 0.4) is 0 Å². The maximum absolute atomic E-state index is 11.4. The van der Waals surface area contributed by atoms with Crippen molar-refractivity contribution in [3.05, 3.63) is 21.9 Å². The van der Waals surface area contributed by atoms with Crippen LogP contribution >= 0.6 is 11.3 Å². The molecule has 1 fully saturated rings. The second-order valence-electron chi connectivity index (χ2n) is 4.50. The topological polar surface area (TPSA) is 75.8 Å². The van der Waals surface area contributed by atoms with E-state index < -0.39 is 0 Å². The van der Waals surface area contributed by atoms with E-state index in [0.717, 1.165) is 10.4 Å². The second kappa shape index (κ2) is 7.41. The number of aliphatic hydroxyl groups excluding tert-OH is 1. The van der Waals surface area contributed by atoms with Crippen molar-refractivity contribution in [2.75, 3.05) is 26.4 Å². The van der Waals surface area contributed by atoms with Crippen LogP contribution in [0.25, 0.3) is 0 Å². The second-order valence-corrected chi connectivity index (χ2v) is 5.50. The fourth-order valence-corrected chi connectivity index (χ4v) is 2.92. The van der Waals surface area contributed by atoms with Crippen LogP contribution in [0.15, 0.2) is 11.4 Å². The number of primary amides is 1. The summed E-state index contributed by atoms with van der Waals surface area (Å²) in [6.07, 6.45) is 0.469. The van der Waals surface area contributed by atoms with E-state index in [1.54, 1.807) is 11.3 Å². The lowest BCUT2D eigenvalue weighted by Crippen LogP contribution is -2.51. The molecule has 1 aliphatic heterocycles. The molecule has 0 spiro atoms. The first-order chi connectivity index (χ1) is 9.72. The van der Waals surface area contributed by atoms with Gasteiger partial charge in [0, 0.05) is 30.0 Å². The Labute approximate surface area is 122 Å². The van der Waals surface area contributed by atoms with E-state index in [2.05, 4.69) is 11.8 Å². The molecule has 1 unspecified atom stereocenters. The van der Waals surface area contributed by atoms with Crippen molar-refractivity contribution in [3.63, 3.8) is 0 Å². The average Bonchev–Trinajstić information content (AvgIpc) is 2.87. The minimum absolute atomic E-state index is 0.0691. The fraction of sp³-hybridized carbons (Fsp3) is 0.500. The molecule has 0 radical (unpaired) electrons. The predicted octanol–water partition coefficient (Wildman–Crippen LogP) is 0.168. The standard InChI is InChI=1S/C14H18N2O3S/c15-14(18)12-10-19-7-5-16(12)9-13-11(4-8-20-13)3-1-2-6-17/h4,8,12,17H,2,5-7,9-10H2,(H2,15,18). The Balaban J connectivity index is 2.07. The summed E-state index contributed by atoms with van der Waals surface area (Å²) in [6.45, 7) is 2.37. The van der Waals surface area contributed by atoms with Crippen LogP contribution < -0.4 is 5.73 Å². The highest BCUT2D eigenvalue weighted by molar-refractivity contribution is 7.10. The molecule has 1 atom stereocenters. The Bertz CT molecular complexity index is 518. The molecule has 1 saturated heterocycles. The molecular formula is C14H18N2O3S. The summed E-state index contributed by atoms with van der Waals surface area (Å²) in [5.74, 6) is 5.62. The first kappa shape index (κ1) is 15.0. The quantitative estimate of drug-likeness (QED) is 0.776. The van der Waals surface area contributed by atoms with Crippen LogP contribution in [-0.4, -0.2) is 48.3 Å². The van der Waals surface area contributed by atoms with Gasteiger partial charge < -0.3 is 15.6 Å². The van der Waals surface area contributed by atoms with Gasteiger partial charge in [-0.1, -0.05) is 11.8 Å². The molecule has 1 aromatic heterocycles. The molecular weight excluding hydrogens is 276 g/mol. The number of nitrogens with two attached hydrogens (primary N) is 1. The number of amides is 1. The van der Waals surface area contributed by atoms with Gasteiger partial charge in [0.15, 0.2) is 0 Å². The van der Waals surface area contributed by atoms with Crippen LogP contribution in [-0.2, 0) is 16.1 Å². The molecule has 3 N–H and O–H groups in total. The molecule has 2 rings (SSSR count). The summed E-state index contributed by atoms with van der Waals surface area (Å²) in [5, 5.41) is 10.7. The van der Waals surface area contributed by atoms with Crippen molar-refractivity contribution < 1.29 is 14.6 Å². The number of ether oxygens (including phenoxy) is 1. The Kier molecular flexibility index (Phi) is 5.56. The number of aliphatic hydroxyl groups is 1. The third-order valence-corrected chi connectivity index (χ3v) is 4.03. The normalized spacial score (nSPS) is 19.4. The number of morpholine rings is 1. The van der Waals surface area contributed by atoms with Gasteiger partial charge in [-0.15, -0.1) is 11.3 Å². The summed E-state index contributed by atoms with van der Waals surface area (Å²) in [6, 6.07) is 1.59. The Morgan fingerprint density at radius 2 is 2.50 bits per heavy atom. The van der Waals surface area contributed by atoms with Crippen LogP contribution in [0.5, 0.6) is 0 Å². The number of rotatable bonds is 4. The van der Waals surface area contributed by atoms with Gasteiger partial charge in [-0.3, -0.25) is 9.69 Å². The minimum atomic E-state index is -0.371. The Morgan fingerprint density at radius 1 is 1.65 bits per heavy atom. The number of carbonyl (C=O) groups is 1. The van der Waals surface area contributed by atoms with Crippen molar-refractivity contribution in [1.82, 2.24) is 4.90 Å². The summed E-state index contributed by atoms with van der Waals surface area (Å²) in [5.41, 5.74) is 6.37. The smallest absolute Gasteiger partial charge is 0.237 e. The van der Waals surface area contributed by atoms with Crippen molar-refractivity contribution >= 4 is 17.2 Å². The van der Waals surface area contributed by atoms with Crippen molar-refractivity contribution in [3.8, 4) is 11.8 Å². The number of nitrogens with zero attached hydrogens (tertiary/aromatic N) is 1. The summed E-state index contributed by atoms with van der Waals surface area (Å²) in [4.78, 5) is 14.6. The van der Waals surface area contributed by atoms with Crippen molar-refractivity contribution in [1.29, 1.82) is 0 Å². The molecule has 0 saturated carbocycles. The number of carbonyl (C=O) groups excluding carboxylic acids is 1. The van der Waals surface area contributed by atoms with E-state index >= 15 is 0 Å². The summed E-state index contributed by atoms with van der Waals surface area (Å²) in [7, 11) is 0. The largest absolute Gasteiger partial charge is 0.395 e. The molecule has 108 valence electrons. The zero-order valence-corrected chi connectivity index (χ0v) is 12.0. The Hall–Kier alpha value is -1.39. The van der Waals surface area contributed by atoms with Gasteiger partial charge in [0.1, 0.15) is 6.04 Å². The SMILES string of the molecule is NC(=O)C1COCCN1Cc1sccc1C#CCCO. The lowest BCUT2D eigenvalue weighted by molar-refractivity contribution is -0.129. The molecule has 1 amide bonds. The highest BCUT2D eigenvalue weighted by atomic mass is 32.1. The van der Waals surface area contributed by atoms with Crippen LogP contribution in [0.1, 0.15) is 16.9 Å². The van der Waals surface area contributed by atoms with E-state index in [-0.39, 0.29) is 18.6 Å². The maximum Gasteiger partial charge on any atom is 0.237 e. The molecule has 6 heteroatoms. The van der Waals surface area contributed by atoms with Gasteiger partial charge in [0.05, 0.1) is 19.8 Å². The average molecular weight is 294 g/mol. The van der Waals surface area contributed by atoms with Gasteiger partial charge >= 0.3 is 0 Å². The zero-order chi connectivity index (χ0) is 14.4. The molecule has 5 nitrogen and oxygen atoms in total. The number of hydrogen-bond donors (Lipinski definition) is 2. The van der Waals surface area contributed by atoms with Crippen LogP contribution in [0.2, 0.25) is 0 Å². The van der Waals surface area contributed by atoms with E-state index in [9.17, 15) is 4.79 Å². The van der Waals surface area contributed by atoms with Crippen LogP contribution in [0, 0.1) is 11.8 Å². The molecule has 0 bridgehead atoms. The van der Waals surface area contributed by atoms with Gasteiger partial charge in [0.25, 0.3) is 0 Å². The highest BCUT2D eigenvalue weighted by Crippen LogP contribution is 2.20. The summed E-state index contributed by atoms with van der Waals surface area (Å²) < 4.78 is 5.31. The monoisotopic (exact) mass is 294 g/mol. The van der Waals surface area contributed by atoms with E-state index in [4.69, 9.17) is 15.6 Å². The van der Waals surface area contributed by atoms with Gasteiger partial charge in [0.2, 0.25) is 5.91 Å². The van der Waals surface area contributed by atoms with E-state index in [1.165, 1.54) is 0 Å². The van der Waals surface area contributed by atoms with Gasteiger partial charge in [-0.25, -0.2) is 0 Å². The highest BCUT2D eigenvalue weighted by Gasteiger charge is 2.28. The lowest BCUT2D eigenvalue weighted by Gasteiger charge is -2.33. The molecule has 0 aliphatic carbocycles. The van der Waals surface area contributed by atoms with Gasteiger partial charge in [-0.05, 0) is 11.4 Å². The summed E-state index contributed by atoms with van der Waals surface area (Å²) >= 11 is 1.62. The lowest BCUT2D eigenvalue weighted by atomic mass is 10.2. The third kappa shape index (κ3) is 3.81. The van der Waals surface area contributed by atoms with Crippen LogP contribution in [0.4, 0.5) is 0 Å². The van der Waals surface area contributed by atoms with E-state index in [0.29, 0.717) is 32.7 Å². The molecule has 2 heterocycles. The predicted molar refractivity (Wildman–Crippen MR) is 77.1 cm³/mol. The molecule has 20 heavy (non-hydrogen) atoms. The first-order valence-electron chi connectivity index (χ1n) is 6.49. The van der Waals surface area contributed by atoms with Gasteiger partial charge in [-0.2, -0.15) is 0 Å². The minimum Gasteiger partial charge on any atom is -0.395 e.